The summed E-state index contributed by atoms with van der Waals surface area (Å²) in [6.07, 6.45) is 2.11. The van der Waals surface area contributed by atoms with E-state index in [1.165, 1.54) is 5.56 Å². The van der Waals surface area contributed by atoms with Gasteiger partial charge in [0.15, 0.2) is 0 Å². The van der Waals surface area contributed by atoms with E-state index in [4.69, 9.17) is 23.2 Å². The van der Waals surface area contributed by atoms with Gasteiger partial charge in [-0.25, -0.2) is 0 Å². The standard InChI is InChI=1S/C31H36Cl2N2O2/c1-4-18-34-31(37)29(19-24-8-6-5-7-9-24)35(21-26-15-16-27(32)20-28(26)33)30(36)17-12-23-10-13-25(14-11-23)22(2)3/h5-11,13-16,20,22,29H,4,12,17-19,21H2,1-3H3,(H,34,37). The van der Waals surface area contributed by atoms with Crippen molar-refractivity contribution < 1.29 is 9.59 Å². The molecule has 0 aliphatic heterocycles. The van der Waals surface area contributed by atoms with Gasteiger partial charge in [0.05, 0.1) is 0 Å². The van der Waals surface area contributed by atoms with E-state index in [2.05, 4.69) is 43.4 Å². The SMILES string of the molecule is CCCNC(=O)C(Cc1ccccc1)N(Cc1ccc(Cl)cc1Cl)C(=O)CCc1ccc(C(C)C)cc1. The molecule has 1 unspecified atom stereocenters. The fourth-order valence-corrected chi connectivity index (χ4v) is 4.69. The molecule has 0 radical (unpaired) electrons. The molecule has 0 bridgehead atoms. The van der Waals surface area contributed by atoms with Crippen LogP contribution in [0.15, 0.2) is 72.8 Å². The number of nitrogens with one attached hydrogen (secondary N) is 1. The number of hydrogen-bond donors (Lipinski definition) is 1. The highest BCUT2D eigenvalue weighted by Gasteiger charge is 2.30. The normalized spacial score (nSPS) is 11.8. The molecule has 3 rings (SSSR count). The molecule has 0 aromatic heterocycles. The molecule has 3 aromatic rings. The minimum atomic E-state index is -0.670. The van der Waals surface area contributed by atoms with Crippen molar-refractivity contribution in [1.82, 2.24) is 10.2 Å². The van der Waals surface area contributed by atoms with Crippen LogP contribution < -0.4 is 5.32 Å². The van der Waals surface area contributed by atoms with Gasteiger partial charge in [-0.15, -0.1) is 0 Å². The summed E-state index contributed by atoms with van der Waals surface area (Å²) in [7, 11) is 0. The second kappa shape index (κ2) is 14.2. The Morgan fingerprint density at radius 1 is 0.919 bits per heavy atom. The Labute approximate surface area is 231 Å². The van der Waals surface area contributed by atoms with Crippen LogP contribution in [0.4, 0.5) is 0 Å². The summed E-state index contributed by atoms with van der Waals surface area (Å²) >= 11 is 12.6. The number of rotatable bonds is 12. The second-order valence-electron chi connectivity index (χ2n) is 9.65. The molecule has 1 N–H and O–H groups in total. The lowest BCUT2D eigenvalue weighted by molar-refractivity contribution is -0.141. The third kappa shape index (κ3) is 8.62. The highest BCUT2D eigenvalue weighted by atomic mass is 35.5. The number of halogens is 2. The Bertz CT molecular complexity index is 1160. The predicted molar refractivity (Wildman–Crippen MR) is 153 cm³/mol. The maximum Gasteiger partial charge on any atom is 0.243 e. The van der Waals surface area contributed by atoms with Gasteiger partial charge in [0.1, 0.15) is 6.04 Å². The van der Waals surface area contributed by atoms with E-state index in [1.807, 2.05) is 43.3 Å². The maximum atomic E-state index is 13.8. The molecule has 3 aromatic carbocycles. The van der Waals surface area contributed by atoms with Crippen molar-refractivity contribution in [3.63, 3.8) is 0 Å². The number of carbonyl (C=O) groups is 2. The van der Waals surface area contributed by atoms with Crippen LogP contribution in [-0.4, -0.2) is 29.3 Å². The fourth-order valence-electron chi connectivity index (χ4n) is 4.22. The summed E-state index contributed by atoms with van der Waals surface area (Å²) in [6.45, 7) is 7.10. The zero-order chi connectivity index (χ0) is 26.8. The van der Waals surface area contributed by atoms with Gasteiger partial charge in [-0.2, -0.15) is 0 Å². The average molecular weight is 540 g/mol. The minimum absolute atomic E-state index is 0.0912. The van der Waals surface area contributed by atoms with Crippen molar-refractivity contribution in [3.05, 3.63) is 105 Å². The molecule has 37 heavy (non-hydrogen) atoms. The number of nitrogens with zero attached hydrogens (tertiary/aromatic N) is 1. The first-order valence-electron chi connectivity index (χ1n) is 12.9. The minimum Gasteiger partial charge on any atom is -0.354 e. The van der Waals surface area contributed by atoms with E-state index in [1.54, 1.807) is 17.0 Å². The molecule has 0 saturated carbocycles. The summed E-state index contributed by atoms with van der Waals surface area (Å²) in [5.41, 5.74) is 4.10. The smallest absolute Gasteiger partial charge is 0.243 e. The molecule has 0 heterocycles. The first kappa shape index (κ1) is 28.7. The van der Waals surface area contributed by atoms with Crippen LogP contribution in [0.1, 0.15) is 61.8 Å². The van der Waals surface area contributed by atoms with E-state index in [9.17, 15) is 9.59 Å². The summed E-state index contributed by atoms with van der Waals surface area (Å²) in [5, 5.41) is 4.00. The lowest BCUT2D eigenvalue weighted by Crippen LogP contribution is -2.50. The van der Waals surface area contributed by atoms with Crippen molar-refractivity contribution in [2.75, 3.05) is 6.54 Å². The monoisotopic (exact) mass is 538 g/mol. The van der Waals surface area contributed by atoms with E-state index in [-0.39, 0.29) is 18.4 Å². The zero-order valence-corrected chi connectivity index (χ0v) is 23.4. The van der Waals surface area contributed by atoms with Gasteiger partial charge in [0, 0.05) is 36.0 Å². The van der Waals surface area contributed by atoms with Gasteiger partial charge in [-0.3, -0.25) is 9.59 Å². The summed E-state index contributed by atoms with van der Waals surface area (Å²) < 4.78 is 0. The molecule has 4 nitrogen and oxygen atoms in total. The molecular weight excluding hydrogens is 503 g/mol. The molecule has 0 fully saturated rings. The van der Waals surface area contributed by atoms with Crippen LogP contribution in [0.3, 0.4) is 0 Å². The fraction of sp³-hybridized carbons (Fsp3) is 0.355. The molecule has 0 aliphatic carbocycles. The van der Waals surface area contributed by atoms with Crippen molar-refractivity contribution in [3.8, 4) is 0 Å². The highest BCUT2D eigenvalue weighted by Crippen LogP contribution is 2.25. The number of hydrogen-bond acceptors (Lipinski definition) is 2. The molecule has 0 spiro atoms. The number of benzene rings is 3. The quantitative estimate of drug-likeness (QED) is 0.264. The van der Waals surface area contributed by atoms with Gasteiger partial charge in [-0.05, 0) is 53.1 Å². The number of amides is 2. The van der Waals surface area contributed by atoms with Crippen molar-refractivity contribution >= 4 is 35.0 Å². The number of aryl methyl sites for hydroxylation is 1. The van der Waals surface area contributed by atoms with E-state index in [0.29, 0.717) is 41.8 Å². The number of carbonyl (C=O) groups excluding carboxylic acids is 2. The van der Waals surface area contributed by atoms with Gasteiger partial charge in [0.2, 0.25) is 11.8 Å². The Morgan fingerprint density at radius 3 is 2.24 bits per heavy atom. The van der Waals surface area contributed by atoms with Crippen LogP contribution in [0.25, 0.3) is 0 Å². The Balaban J connectivity index is 1.89. The topological polar surface area (TPSA) is 49.4 Å². The molecule has 1 atom stereocenters. The molecule has 2 amide bonds. The van der Waals surface area contributed by atoms with Crippen molar-refractivity contribution in [2.24, 2.45) is 0 Å². The summed E-state index contributed by atoms with van der Waals surface area (Å²) in [4.78, 5) is 28.8. The Kier molecular flexibility index (Phi) is 11.0. The van der Waals surface area contributed by atoms with Gasteiger partial charge in [-0.1, -0.05) is 105 Å². The molecule has 196 valence electrons. The van der Waals surface area contributed by atoms with Gasteiger partial charge in [0.25, 0.3) is 0 Å². The Morgan fingerprint density at radius 2 is 1.62 bits per heavy atom. The summed E-state index contributed by atoms with van der Waals surface area (Å²) in [6, 6.07) is 22.8. The van der Waals surface area contributed by atoms with Crippen molar-refractivity contribution in [2.45, 2.75) is 65.0 Å². The van der Waals surface area contributed by atoms with E-state index in [0.717, 1.165) is 23.1 Å². The predicted octanol–water partition coefficient (Wildman–Crippen LogP) is 7.22. The lowest BCUT2D eigenvalue weighted by Gasteiger charge is -2.32. The van der Waals surface area contributed by atoms with Crippen LogP contribution in [0, 0.1) is 0 Å². The first-order chi connectivity index (χ1) is 17.8. The third-order valence-corrected chi connectivity index (χ3v) is 7.04. The van der Waals surface area contributed by atoms with Gasteiger partial charge < -0.3 is 10.2 Å². The summed E-state index contributed by atoms with van der Waals surface area (Å²) in [5.74, 6) is 0.202. The van der Waals surface area contributed by atoms with Crippen LogP contribution in [0.5, 0.6) is 0 Å². The first-order valence-corrected chi connectivity index (χ1v) is 13.7. The zero-order valence-electron chi connectivity index (χ0n) is 21.8. The Hall–Kier alpha value is -2.82. The van der Waals surface area contributed by atoms with Crippen molar-refractivity contribution in [1.29, 1.82) is 0 Å². The van der Waals surface area contributed by atoms with Crippen LogP contribution in [0.2, 0.25) is 10.0 Å². The van der Waals surface area contributed by atoms with Crippen LogP contribution in [-0.2, 0) is 29.0 Å². The van der Waals surface area contributed by atoms with E-state index < -0.39 is 6.04 Å². The van der Waals surface area contributed by atoms with E-state index >= 15 is 0 Å². The van der Waals surface area contributed by atoms with Crippen LogP contribution >= 0.6 is 23.2 Å². The lowest BCUT2D eigenvalue weighted by atomic mass is 9.99. The molecular formula is C31H36Cl2N2O2. The highest BCUT2D eigenvalue weighted by molar-refractivity contribution is 6.35. The van der Waals surface area contributed by atoms with Gasteiger partial charge >= 0.3 is 0 Å². The molecule has 6 heteroatoms. The second-order valence-corrected chi connectivity index (χ2v) is 10.5. The third-order valence-electron chi connectivity index (χ3n) is 6.45. The maximum absolute atomic E-state index is 13.8. The molecule has 0 saturated heterocycles. The largest absolute Gasteiger partial charge is 0.354 e. The molecule has 0 aliphatic rings. The average Bonchev–Trinajstić information content (AvgIpc) is 2.89.